The second-order valence-electron chi connectivity index (χ2n) is 7.93. The van der Waals surface area contributed by atoms with Crippen molar-refractivity contribution in [2.24, 2.45) is 0 Å². The molecule has 3 heterocycles. The summed E-state index contributed by atoms with van der Waals surface area (Å²) < 4.78 is 25.4. The van der Waals surface area contributed by atoms with Crippen LogP contribution in [0, 0.1) is 5.82 Å². The lowest BCUT2D eigenvalue weighted by Crippen LogP contribution is -2.44. The number of hydrogen-bond acceptors (Lipinski definition) is 5. The molecule has 0 saturated carbocycles. The van der Waals surface area contributed by atoms with Gasteiger partial charge in [-0.25, -0.2) is 4.39 Å². The summed E-state index contributed by atoms with van der Waals surface area (Å²) >= 11 is 0. The molecule has 1 atom stereocenters. The molecule has 1 aromatic heterocycles. The van der Waals surface area contributed by atoms with E-state index in [1.54, 1.807) is 18.3 Å². The molecule has 1 fully saturated rings. The van der Waals surface area contributed by atoms with E-state index in [4.69, 9.17) is 9.47 Å². The smallest absolute Gasteiger partial charge is 0.234 e. The lowest BCUT2D eigenvalue weighted by atomic mass is 9.95. The predicted molar refractivity (Wildman–Crippen MR) is 115 cm³/mol. The fraction of sp³-hybridized carbons (Fsp3) is 0.333. The third-order valence-electron chi connectivity index (χ3n) is 5.86. The van der Waals surface area contributed by atoms with Gasteiger partial charge in [-0.15, -0.1) is 0 Å². The summed E-state index contributed by atoms with van der Waals surface area (Å²) in [6, 6.07) is 12.5. The highest BCUT2D eigenvalue weighted by molar-refractivity contribution is 5.84. The molecule has 0 bridgehead atoms. The SMILES string of the molecule is O=C(CN1CCOCC1)NC1CCOc2ccc(-c3cnc4cccc(F)c4c3)cc21. The van der Waals surface area contributed by atoms with Crippen molar-refractivity contribution < 1.29 is 18.7 Å². The van der Waals surface area contributed by atoms with Crippen LogP contribution >= 0.6 is 0 Å². The van der Waals surface area contributed by atoms with E-state index < -0.39 is 0 Å². The van der Waals surface area contributed by atoms with Crippen LogP contribution in [-0.4, -0.2) is 55.2 Å². The van der Waals surface area contributed by atoms with Crippen LogP contribution in [0.5, 0.6) is 5.75 Å². The Hall–Kier alpha value is -3.03. The first kappa shape index (κ1) is 19.9. The summed E-state index contributed by atoms with van der Waals surface area (Å²) in [6.45, 7) is 3.79. The van der Waals surface area contributed by atoms with Crippen LogP contribution in [0.2, 0.25) is 0 Å². The summed E-state index contributed by atoms with van der Waals surface area (Å²) in [5.41, 5.74) is 3.30. The van der Waals surface area contributed by atoms with E-state index in [1.807, 2.05) is 24.3 Å². The third kappa shape index (κ3) is 4.24. The maximum atomic E-state index is 14.2. The Kier molecular flexibility index (Phi) is 5.53. The van der Waals surface area contributed by atoms with Crippen LogP contribution < -0.4 is 10.1 Å². The molecule has 6 nitrogen and oxygen atoms in total. The van der Waals surface area contributed by atoms with Crippen molar-refractivity contribution in [3.8, 4) is 16.9 Å². The van der Waals surface area contributed by atoms with Gasteiger partial charge in [0.15, 0.2) is 0 Å². The van der Waals surface area contributed by atoms with Crippen LogP contribution in [0.4, 0.5) is 4.39 Å². The Labute approximate surface area is 180 Å². The largest absolute Gasteiger partial charge is 0.493 e. The maximum absolute atomic E-state index is 14.2. The van der Waals surface area contributed by atoms with E-state index in [2.05, 4.69) is 15.2 Å². The number of nitrogens with zero attached hydrogens (tertiary/aromatic N) is 2. The number of aromatic nitrogens is 1. The Morgan fingerprint density at radius 3 is 2.87 bits per heavy atom. The van der Waals surface area contributed by atoms with Gasteiger partial charge in [0.2, 0.25) is 5.91 Å². The summed E-state index contributed by atoms with van der Waals surface area (Å²) in [4.78, 5) is 19.2. The first-order valence-corrected chi connectivity index (χ1v) is 10.6. The third-order valence-corrected chi connectivity index (χ3v) is 5.86. The molecule has 2 aliphatic heterocycles. The molecular weight excluding hydrogens is 397 g/mol. The standard InChI is InChI=1S/C24H24FN3O3/c25-20-2-1-3-21-18(20)13-17(14-26-21)16-4-5-23-19(12-16)22(6-9-31-23)27-24(29)15-28-7-10-30-11-8-28/h1-5,12-14,22H,6-11,15H2,(H,27,29). The van der Waals surface area contributed by atoms with Crippen LogP contribution in [0.3, 0.4) is 0 Å². The van der Waals surface area contributed by atoms with Gasteiger partial charge in [0.05, 0.1) is 37.9 Å². The van der Waals surface area contributed by atoms with Gasteiger partial charge in [0.25, 0.3) is 0 Å². The number of amides is 1. The maximum Gasteiger partial charge on any atom is 0.234 e. The molecule has 1 amide bonds. The number of halogens is 1. The highest BCUT2D eigenvalue weighted by atomic mass is 19.1. The number of morpholine rings is 1. The number of pyridine rings is 1. The number of benzene rings is 2. The topological polar surface area (TPSA) is 63.7 Å². The van der Waals surface area contributed by atoms with Gasteiger partial charge < -0.3 is 14.8 Å². The number of rotatable bonds is 4. The molecule has 7 heteroatoms. The molecule has 5 rings (SSSR count). The molecule has 31 heavy (non-hydrogen) atoms. The van der Waals surface area contributed by atoms with E-state index in [9.17, 15) is 9.18 Å². The monoisotopic (exact) mass is 421 g/mol. The highest BCUT2D eigenvalue weighted by Gasteiger charge is 2.25. The van der Waals surface area contributed by atoms with E-state index >= 15 is 0 Å². The number of fused-ring (bicyclic) bond motifs is 2. The zero-order chi connectivity index (χ0) is 21.2. The average molecular weight is 421 g/mol. The van der Waals surface area contributed by atoms with Crippen molar-refractivity contribution in [3.63, 3.8) is 0 Å². The Balaban J connectivity index is 1.39. The molecule has 1 N–H and O–H groups in total. The fourth-order valence-electron chi connectivity index (χ4n) is 4.20. The quantitative estimate of drug-likeness (QED) is 0.700. The van der Waals surface area contributed by atoms with Gasteiger partial charge in [-0.05, 0) is 35.9 Å². The summed E-state index contributed by atoms with van der Waals surface area (Å²) in [5.74, 6) is 0.479. The Morgan fingerprint density at radius 1 is 1.13 bits per heavy atom. The van der Waals surface area contributed by atoms with E-state index in [0.717, 1.165) is 35.5 Å². The average Bonchev–Trinajstić information content (AvgIpc) is 2.80. The first-order valence-electron chi connectivity index (χ1n) is 10.6. The molecule has 1 saturated heterocycles. The Bertz CT molecular complexity index is 1110. The molecule has 2 aromatic carbocycles. The van der Waals surface area contributed by atoms with Crippen molar-refractivity contribution in [2.45, 2.75) is 12.5 Å². The van der Waals surface area contributed by atoms with Crippen molar-refractivity contribution in [1.82, 2.24) is 15.2 Å². The fourth-order valence-corrected chi connectivity index (χ4v) is 4.20. The molecule has 0 radical (unpaired) electrons. The van der Waals surface area contributed by atoms with Crippen LogP contribution in [0.1, 0.15) is 18.0 Å². The first-order chi connectivity index (χ1) is 15.2. The number of ether oxygens (including phenoxy) is 2. The van der Waals surface area contributed by atoms with E-state index in [1.165, 1.54) is 6.07 Å². The number of carbonyl (C=O) groups is 1. The zero-order valence-corrected chi connectivity index (χ0v) is 17.1. The van der Waals surface area contributed by atoms with E-state index in [-0.39, 0.29) is 17.8 Å². The van der Waals surface area contributed by atoms with Gasteiger partial charge >= 0.3 is 0 Å². The van der Waals surface area contributed by atoms with Crippen molar-refractivity contribution in [3.05, 3.63) is 60.0 Å². The molecule has 160 valence electrons. The lowest BCUT2D eigenvalue weighted by molar-refractivity contribution is -0.124. The normalized spacial score (nSPS) is 18.9. The molecule has 0 spiro atoms. The number of hydrogen-bond donors (Lipinski definition) is 1. The Morgan fingerprint density at radius 2 is 2.00 bits per heavy atom. The van der Waals surface area contributed by atoms with Gasteiger partial charge in [0, 0.05) is 42.2 Å². The molecular formula is C24H24FN3O3. The summed E-state index contributed by atoms with van der Waals surface area (Å²) in [6.07, 6.45) is 2.45. The molecule has 0 aliphatic carbocycles. The lowest BCUT2D eigenvalue weighted by Gasteiger charge is -2.30. The second kappa shape index (κ2) is 8.61. The highest BCUT2D eigenvalue weighted by Crippen LogP contribution is 2.36. The van der Waals surface area contributed by atoms with Gasteiger partial charge in [-0.2, -0.15) is 0 Å². The second-order valence-corrected chi connectivity index (χ2v) is 7.93. The number of nitrogens with one attached hydrogen (secondary N) is 1. The zero-order valence-electron chi connectivity index (χ0n) is 17.1. The van der Waals surface area contributed by atoms with Crippen LogP contribution in [0.25, 0.3) is 22.0 Å². The van der Waals surface area contributed by atoms with Gasteiger partial charge in [0.1, 0.15) is 11.6 Å². The van der Waals surface area contributed by atoms with Crippen molar-refractivity contribution >= 4 is 16.8 Å². The minimum Gasteiger partial charge on any atom is -0.493 e. The molecule has 3 aromatic rings. The predicted octanol–water partition coefficient (Wildman–Crippen LogP) is 3.31. The number of carbonyl (C=O) groups excluding carboxylic acids is 1. The van der Waals surface area contributed by atoms with Gasteiger partial charge in [-0.3, -0.25) is 14.7 Å². The van der Waals surface area contributed by atoms with Crippen LogP contribution in [-0.2, 0) is 9.53 Å². The summed E-state index contributed by atoms with van der Waals surface area (Å²) in [5, 5.41) is 3.65. The van der Waals surface area contributed by atoms with Crippen molar-refractivity contribution in [2.75, 3.05) is 39.5 Å². The van der Waals surface area contributed by atoms with Crippen molar-refractivity contribution in [1.29, 1.82) is 0 Å². The molecule has 1 unspecified atom stereocenters. The summed E-state index contributed by atoms with van der Waals surface area (Å²) in [7, 11) is 0. The van der Waals surface area contributed by atoms with Crippen LogP contribution in [0.15, 0.2) is 48.7 Å². The minimum atomic E-state index is -0.290. The minimum absolute atomic E-state index is 0.000374. The van der Waals surface area contributed by atoms with Gasteiger partial charge in [-0.1, -0.05) is 12.1 Å². The molecule has 2 aliphatic rings. The van der Waals surface area contributed by atoms with E-state index in [0.29, 0.717) is 43.7 Å².